The Balaban J connectivity index is 2.94. The maximum atomic E-state index is 6.04. The Morgan fingerprint density at radius 3 is 2.69 bits per heavy atom. The Morgan fingerprint density at radius 1 is 1.44 bits per heavy atom. The molecule has 3 nitrogen and oxygen atoms in total. The van der Waals surface area contributed by atoms with Crippen LogP contribution in [0, 0.1) is 0 Å². The van der Waals surface area contributed by atoms with E-state index in [0.717, 1.165) is 28.8 Å². The molecule has 0 aliphatic rings. The predicted molar refractivity (Wildman–Crippen MR) is 68.9 cm³/mol. The van der Waals surface area contributed by atoms with Crippen molar-refractivity contribution >= 4 is 27.5 Å². The van der Waals surface area contributed by atoms with Crippen LogP contribution in [0.15, 0.2) is 4.47 Å². The van der Waals surface area contributed by atoms with E-state index >= 15 is 0 Å². The summed E-state index contributed by atoms with van der Waals surface area (Å²) < 4.78 is 6.00. The van der Waals surface area contributed by atoms with Gasteiger partial charge in [-0.05, 0) is 29.3 Å². The first-order chi connectivity index (χ1) is 7.58. The van der Waals surface area contributed by atoms with Crippen molar-refractivity contribution in [1.29, 1.82) is 0 Å². The summed E-state index contributed by atoms with van der Waals surface area (Å²) in [5, 5.41) is 0.483. The first-order valence-electron chi connectivity index (χ1n) is 5.32. The Morgan fingerprint density at radius 2 is 2.12 bits per heavy atom. The monoisotopic (exact) mass is 306 g/mol. The van der Waals surface area contributed by atoms with Crippen LogP contribution in [0.1, 0.15) is 31.8 Å². The van der Waals surface area contributed by atoms with Gasteiger partial charge in [0.05, 0.1) is 16.3 Å². The van der Waals surface area contributed by atoms with Gasteiger partial charge in [0.2, 0.25) is 0 Å². The van der Waals surface area contributed by atoms with E-state index < -0.39 is 0 Å². The smallest absolute Gasteiger partial charge is 0.147 e. The van der Waals surface area contributed by atoms with E-state index in [-0.39, 0.29) is 6.10 Å². The van der Waals surface area contributed by atoms with Crippen molar-refractivity contribution < 1.29 is 4.74 Å². The van der Waals surface area contributed by atoms with Crippen LogP contribution in [-0.2, 0) is 17.6 Å². The lowest BCUT2D eigenvalue weighted by molar-refractivity contribution is 0.117. The van der Waals surface area contributed by atoms with Gasteiger partial charge in [0.25, 0.3) is 0 Å². The van der Waals surface area contributed by atoms with Gasteiger partial charge in [0, 0.05) is 13.5 Å². The molecule has 1 aromatic heterocycles. The highest BCUT2D eigenvalue weighted by atomic mass is 79.9. The highest BCUT2D eigenvalue weighted by Crippen LogP contribution is 2.24. The molecular formula is C11H16BrClN2O. The second-order valence-electron chi connectivity index (χ2n) is 3.69. The van der Waals surface area contributed by atoms with Gasteiger partial charge in [0.1, 0.15) is 11.0 Å². The van der Waals surface area contributed by atoms with Gasteiger partial charge in [-0.3, -0.25) is 0 Å². The largest absolute Gasteiger partial charge is 0.381 e. The van der Waals surface area contributed by atoms with Gasteiger partial charge in [-0.2, -0.15) is 0 Å². The molecular weight excluding hydrogens is 291 g/mol. The molecule has 1 unspecified atom stereocenters. The quantitative estimate of drug-likeness (QED) is 0.782. The molecule has 5 heteroatoms. The number of hydrogen-bond donors (Lipinski definition) is 0. The number of ether oxygens (including phenoxy) is 1. The minimum Gasteiger partial charge on any atom is -0.381 e. The second kappa shape index (κ2) is 6.52. The highest BCUT2D eigenvalue weighted by molar-refractivity contribution is 9.10. The zero-order chi connectivity index (χ0) is 12.1. The van der Waals surface area contributed by atoms with Crippen LogP contribution in [0.3, 0.4) is 0 Å². The molecule has 1 heterocycles. The first-order valence-corrected chi connectivity index (χ1v) is 6.49. The third-order valence-corrected chi connectivity index (χ3v) is 3.62. The Hall–Kier alpha value is -0.190. The fraction of sp³-hybridized carbons (Fsp3) is 0.636. The third-order valence-electron chi connectivity index (χ3n) is 2.28. The summed E-state index contributed by atoms with van der Waals surface area (Å²) in [5.41, 5.74) is 0.973. The molecule has 0 fully saturated rings. The topological polar surface area (TPSA) is 35.0 Å². The average Bonchev–Trinajstić information content (AvgIpc) is 2.25. The normalized spacial score (nSPS) is 12.8. The van der Waals surface area contributed by atoms with E-state index in [1.54, 1.807) is 7.11 Å². The van der Waals surface area contributed by atoms with Crippen molar-refractivity contribution in [3.63, 3.8) is 0 Å². The van der Waals surface area contributed by atoms with Crippen LogP contribution >= 0.6 is 27.5 Å². The number of methoxy groups -OCH3 is 1. The number of rotatable bonds is 5. The standard InChI is InChI=1S/C11H16BrClN2O/c1-4-5-8-10(12)11(13)15-9(14-8)6-7(2)16-3/h7H,4-6H2,1-3H3. The summed E-state index contributed by atoms with van der Waals surface area (Å²) in [6.07, 6.45) is 2.72. The SMILES string of the molecule is CCCc1nc(CC(C)OC)nc(Cl)c1Br. The van der Waals surface area contributed by atoms with E-state index in [1.807, 2.05) is 6.92 Å². The van der Waals surface area contributed by atoms with E-state index in [4.69, 9.17) is 16.3 Å². The molecule has 1 atom stereocenters. The van der Waals surface area contributed by atoms with Crippen molar-refractivity contribution in [2.75, 3.05) is 7.11 Å². The van der Waals surface area contributed by atoms with Crippen LogP contribution < -0.4 is 0 Å². The van der Waals surface area contributed by atoms with Crippen LogP contribution in [0.4, 0.5) is 0 Å². The number of aromatic nitrogens is 2. The molecule has 0 spiro atoms. The Kier molecular flexibility index (Phi) is 5.66. The lowest BCUT2D eigenvalue weighted by atomic mass is 10.2. The number of halogens is 2. The summed E-state index contributed by atoms with van der Waals surface area (Å²) in [7, 11) is 1.68. The molecule has 0 bridgehead atoms. The molecule has 0 saturated carbocycles. The fourth-order valence-electron chi connectivity index (χ4n) is 1.35. The number of nitrogens with zero attached hydrogens (tertiary/aromatic N) is 2. The molecule has 0 amide bonds. The molecule has 0 N–H and O–H groups in total. The van der Waals surface area contributed by atoms with Gasteiger partial charge in [-0.1, -0.05) is 24.9 Å². The van der Waals surface area contributed by atoms with Crippen molar-refractivity contribution in [3.05, 3.63) is 21.1 Å². The molecule has 0 aromatic carbocycles. The summed E-state index contributed by atoms with van der Waals surface area (Å²) in [5.74, 6) is 0.742. The highest BCUT2D eigenvalue weighted by Gasteiger charge is 2.12. The first kappa shape index (κ1) is 13.9. The number of aryl methyl sites for hydroxylation is 1. The van der Waals surface area contributed by atoms with Crippen LogP contribution in [0.2, 0.25) is 5.15 Å². The van der Waals surface area contributed by atoms with Gasteiger partial charge >= 0.3 is 0 Å². The van der Waals surface area contributed by atoms with Gasteiger partial charge in [0.15, 0.2) is 0 Å². The lowest BCUT2D eigenvalue weighted by Gasteiger charge is -2.10. The summed E-state index contributed by atoms with van der Waals surface area (Å²) in [4.78, 5) is 8.72. The second-order valence-corrected chi connectivity index (χ2v) is 4.84. The zero-order valence-electron chi connectivity index (χ0n) is 9.76. The zero-order valence-corrected chi connectivity index (χ0v) is 12.1. The maximum Gasteiger partial charge on any atom is 0.147 e. The molecule has 1 aromatic rings. The Bertz CT molecular complexity index is 360. The molecule has 1 rings (SSSR count). The molecule has 0 radical (unpaired) electrons. The molecule has 0 saturated heterocycles. The fourth-order valence-corrected chi connectivity index (χ4v) is 1.93. The van der Waals surface area contributed by atoms with Crippen molar-refractivity contribution in [1.82, 2.24) is 9.97 Å². The minimum atomic E-state index is 0.103. The van der Waals surface area contributed by atoms with Crippen LogP contribution in [-0.4, -0.2) is 23.2 Å². The van der Waals surface area contributed by atoms with E-state index in [9.17, 15) is 0 Å². The summed E-state index contributed by atoms with van der Waals surface area (Å²) >= 11 is 9.45. The summed E-state index contributed by atoms with van der Waals surface area (Å²) in [6, 6.07) is 0. The molecule has 0 aliphatic heterocycles. The van der Waals surface area contributed by atoms with Crippen molar-refractivity contribution in [2.45, 2.75) is 39.2 Å². The van der Waals surface area contributed by atoms with Crippen molar-refractivity contribution in [3.8, 4) is 0 Å². The molecule has 16 heavy (non-hydrogen) atoms. The van der Waals surface area contributed by atoms with Gasteiger partial charge in [-0.25, -0.2) is 9.97 Å². The number of hydrogen-bond acceptors (Lipinski definition) is 3. The van der Waals surface area contributed by atoms with Crippen LogP contribution in [0.25, 0.3) is 0 Å². The lowest BCUT2D eigenvalue weighted by Crippen LogP contribution is -2.12. The van der Waals surface area contributed by atoms with Crippen LogP contribution in [0.5, 0.6) is 0 Å². The maximum absolute atomic E-state index is 6.04. The van der Waals surface area contributed by atoms with E-state index in [0.29, 0.717) is 11.6 Å². The van der Waals surface area contributed by atoms with Gasteiger partial charge in [-0.15, -0.1) is 0 Å². The van der Waals surface area contributed by atoms with Crippen molar-refractivity contribution in [2.24, 2.45) is 0 Å². The van der Waals surface area contributed by atoms with E-state index in [2.05, 4.69) is 32.8 Å². The van der Waals surface area contributed by atoms with Gasteiger partial charge < -0.3 is 4.74 Å². The minimum absolute atomic E-state index is 0.103. The summed E-state index contributed by atoms with van der Waals surface area (Å²) in [6.45, 7) is 4.10. The van der Waals surface area contributed by atoms with E-state index in [1.165, 1.54) is 0 Å². The molecule has 90 valence electrons. The molecule has 0 aliphatic carbocycles. The Labute approximate surface area is 110 Å². The average molecular weight is 308 g/mol. The third kappa shape index (κ3) is 3.68. The predicted octanol–water partition coefficient (Wildman–Crippen LogP) is 3.42.